The van der Waals surface area contributed by atoms with Gasteiger partial charge in [0.1, 0.15) is 0 Å². The largest absolute Gasteiger partial charge is 0.516 e. The maximum absolute atomic E-state index is 7.85. The van der Waals surface area contributed by atoms with E-state index in [4.69, 9.17) is 5.11 Å². The van der Waals surface area contributed by atoms with Crippen LogP contribution in [0.4, 0.5) is 0 Å². The predicted molar refractivity (Wildman–Crippen MR) is 22.3 cm³/mol. The van der Waals surface area contributed by atoms with Crippen LogP contribution in [-0.2, 0) is 0 Å². The van der Waals surface area contributed by atoms with E-state index in [1.165, 1.54) is 0 Å². The normalized spacial score (nSPS) is 9.80. The van der Waals surface area contributed by atoms with E-state index in [-0.39, 0.29) is 0 Å². The molecule has 0 aromatic rings. The second-order valence-electron chi connectivity index (χ2n) is 0.589. The molecule has 1 nitrogen and oxygen atoms in total. The molecule has 0 aromatic carbocycles. The number of hydrogen-bond acceptors (Lipinski definition) is 1. The molecule has 0 saturated carbocycles. The first-order valence-electron chi connectivity index (χ1n) is 1.35. The van der Waals surface area contributed by atoms with Gasteiger partial charge in [-0.25, -0.2) is 0 Å². The molecule has 0 bridgehead atoms. The summed E-state index contributed by atoms with van der Waals surface area (Å²) in [5.41, 5.74) is 0. The summed E-state index contributed by atoms with van der Waals surface area (Å²) < 4.78 is 0. The monoisotopic (exact) mass is 85.0 g/mol. The first kappa shape index (κ1) is 4.76. The smallest absolute Gasteiger partial charge is 0.0748 e. The molecule has 0 unspecified atom stereocenters. The molecule has 0 spiro atoms. The van der Waals surface area contributed by atoms with Crippen LogP contribution in [0, 0.1) is 0 Å². The van der Waals surface area contributed by atoms with Crippen molar-refractivity contribution >= 4 is 10.2 Å². The number of rotatable bonds is 1. The van der Waals surface area contributed by atoms with E-state index in [2.05, 4.69) is 10.2 Å². The van der Waals surface area contributed by atoms with Gasteiger partial charge in [-0.3, -0.25) is 0 Å². The third-order valence-electron chi connectivity index (χ3n) is 0.223. The Kier molecular flexibility index (Phi) is 3.57. The van der Waals surface area contributed by atoms with Gasteiger partial charge in [-0.2, -0.15) is 0 Å². The van der Waals surface area contributed by atoms with E-state index < -0.39 is 0 Å². The lowest BCUT2D eigenvalue weighted by Gasteiger charge is -1.65. The van der Waals surface area contributed by atoms with E-state index >= 15 is 0 Å². The van der Waals surface area contributed by atoms with Gasteiger partial charge in [-0.05, 0) is 6.04 Å². The lowest BCUT2D eigenvalue weighted by Crippen LogP contribution is -1.54. The van der Waals surface area contributed by atoms with Crippen molar-refractivity contribution in [2.75, 3.05) is 0 Å². The summed E-state index contributed by atoms with van der Waals surface area (Å²) in [6.07, 6.45) is 2.60. The van der Waals surface area contributed by atoms with Gasteiger partial charge >= 0.3 is 0 Å². The number of allylic oxidation sites excluding steroid dienone is 1. The van der Waals surface area contributed by atoms with Crippen LogP contribution >= 0.6 is 0 Å². The summed E-state index contributed by atoms with van der Waals surface area (Å²) in [6, 6.07) is 0.719. The molecule has 3 radical (unpaired) electrons. The van der Waals surface area contributed by atoms with E-state index in [9.17, 15) is 0 Å². The molecule has 2 heteroatoms. The highest BCUT2D eigenvalue weighted by Crippen LogP contribution is 1.68. The minimum absolute atomic E-state index is 0.719. The second kappa shape index (κ2) is 3.76. The molecule has 27 valence electrons. The van der Waals surface area contributed by atoms with Crippen LogP contribution in [0.2, 0.25) is 6.04 Å². The van der Waals surface area contributed by atoms with E-state index in [0.29, 0.717) is 0 Å². The predicted octanol–water partition coefficient (Wildman–Crippen LogP) is 0.645. The Labute approximate surface area is 34.7 Å². The highest BCUT2D eigenvalue weighted by Gasteiger charge is 1.54. The molecule has 0 aliphatic carbocycles. The van der Waals surface area contributed by atoms with Crippen LogP contribution in [0.25, 0.3) is 0 Å². The Balaban J connectivity index is 2.62. The van der Waals surface area contributed by atoms with Crippen molar-refractivity contribution in [3.63, 3.8) is 0 Å². The van der Waals surface area contributed by atoms with Crippen molar-refractivity contribution in [3.8, 4) is 0 Å². The maximum Gasteiger partial charge on any atom is 0.0748 e. The number of hydrogen-bond donors (Lipinski definition) is 1. The van der Waals surface area contributed by atoms with Crippen molar-refractivity contribution in [1.29, 1.82) is 0 Å². The Morgan fingerprint density at radius 2 is 2.40 bits per heavy atom. The summed E-state index contributed by atoms with van der Waals surface area (Å²) >= 11 is 0. The first-order valence-corrected chi connectivity index (χ1v) is 2.06. The van der Waals surface area contributed by atoms with Crippen molar-refractivity contribution in [3.05, 3.63) is 12.3 Å². The first-order chi connectivity index (χ1) is 2.41. The van der Waals surface area contributed by atoms with E-state index in [1.54, 1.807) is 6.08 Å². The second-order valence-corrected chi connectivity index (χ2v) is 0.997. The molecule has 0 atom stereocenters. The zero-order chi connectivity index (χ0) is 4.12. The van der Waals surface area contributed by atoms with E-state index in [1.807, 2.05) is 0 Å². The van der Waals surface area contributed by atoms with Gasteiger partial charge in [0.15, 0.2) is 0 Å². The molecular weight excluding hydrogens is 80.1 g/mol. The summed E-state index contributed by atoms with van der Waals surface area (Å²) in [7, 11) is 3.10. The summed E-state index contributed by atoms with van der Waals surface area (Å²) in [5, 5.41) is 7.85. The zero-order valence-corrected chi connectivity index (χ0v) is 3.81. The minimum atomic E-state index is 0.719. The fourth-order valence-corrected chi connectivity index (χ4v) is 0.158. The topological polar surface area (TPSA) is 20.2 Å². The molecule has 0 saturated heterocycles. The fourth-order valence-electron chi connectivity index (χ4n) is 0.0527. The van der Waals surface area contributed by atoms with Gasteiger partial charge in [-0.15, -0.1) is 0 Å². The Bertz CT molecular complexity index is 33.9. The van der Waals surface area contributed by atoms with Gasteiger partial charge in [-0.1, -0.05) is 6.08 Å². The zero-order valence-electron chi connectivity index (χ0n) is 2.81. The lowest BCUT2D eigenvalue weighted by molar-refractivity contribution is 0.472. The molecule has 5 heavy (non-hydrogen) atoms. The summed E-state index contributed by atoms with van der Waals surface area (Å²) in [4.78, 5) is 0. The Hall–Kier alpha value is -0.243. The van der Waals surface area contributed by atoms with Gasteiger partial charge in [0.2, 0.25) is 0 Å². The lowest BCUT2D eigenvalue weighted by atomic mass is 10.7. The molecule has 0 aliphatic heterocycles. The van der Waals surface area contributed by atoms with Crippen LogP contribution in [0.1, 0.15) is 0 Å². The maximum atomic E-state index is 7.85. The van der Waals surface area contributed by atoms with E-state index in [0.717, 1.165) is 12.3 Å². The average Bonchev–Trinajstić information content (AvgIpc) is 1.41. The summed E-state index contributed by atoms with van der Waals surface area (Å²) in [5.74, 6) is 0. The van der Waals surface area contributed by atoms with Crippen molar-refractivity contribution < 1.29 is 5.11 Å². The third-order valence-corrected chi connectivity index (χ3v) is 0.459. The van der Waals surface area contributed by atoms with Gasteiger partial charge in [0.25, 0.3) is 0 Å². The van der Waals surface area contributed by atoms with Crippen LogP contribution in [-0.4, -0.2) is 15.3 Å². The number of aliphatic hydroxyl groups is 1. The molecule has 0 aliphatic rings. The quantitative estimate of drug-likeness (QED) is 0.366. The van der Waals surface area contributed by atoms with Crippen molar-refractivity contribution in [2.24, 2.45) is 0 Å². The van der Waals surface area contributed by atoms with Crippen LogP contribution < -0.4 is 0 Å². The Morgan fingerprint density at radius 1 is 1.80 bits per heavy atom. The highest BCUT2D eigenvalue weighted by atomic mass is 28.1. The van der Waals surface area contributed by atoms with Gasteiger partial charge in [0.05, 0.1) is 6.26 Å². The van der Waals surface area contributed by atoms with Gasteiger partial charge in [0, 0.05) is 10.2 Å². The van der Waals surface area contributed by atoms with Gasteiger partial charge < -0.3 is 5.11 Å². The van der Waals surface area contributed by atoms with Crippen molar-refractivity contribution in [2.45, 2.75) is 6.04 Å². The minimum Gasteiger partial charge on any atom is -0.516 e. The molecule has 0 rings (SSSR count). The standard InChI is InChI=1S/C3H5OSi/c4-2-1-3-5/h1-2,4H,3H2. The molecule has 1 N–H and O–H groups in total. The SMILES string of the molecule is OC=CC[Si]. The molecule has 0 fully saturated rings. The fraction of sp³-hybridized carbons (Fsp3) is 0.333. The van der Waals surface area contributed by atoms with Crippen LogP contribution in [0.3, 0.4) is 0 Å². The highest BCUT2D eigenvalue weighted by molar-refractivity contribution is 6.09. The third kappa shape index (κ3) is 3.76. The Morgan fingerprint density at radius 3 is 2.40 bits per heavy atom. The van der Waals surface area contributed by atoms with Crippen LogP contribution in [0.15, 0.2) is 12.3 Å². The summed E-state index contributed by atoms with van der Waals surface area (Å²) in [6.45, 7) is 0. The average molecular weight is 85.2 g/mol. The molecular formula is C3H5OSi. The molecule has 0 heterocycles. The number of aliphatic hydroxyl groups excluding tert-OH is 1. The van der Waals surface area contributed by atoms with Crippen LogP contribution in [0.5, 0.6) is 0 Å². The van der Waals surface area contributed by atoms with Crippen molar-refractivity contribution in [1.82, 2.24) is 0 Å². The molecule has 0 aromatic heterocycles. The molecule has 0 amide bonds.